The number of hydrogen-bond acceptors (Lipinski definition) is 9. The van der Waals surface area contributed by atoms with E-state index in [1.807, 2.05) is 72.8 Å². The van der Waals surface area contributed by atoms with Crippen molar-refractivity contribution in [2.24, 2.45) is 0 Å². The van der Waals surface area contributed by atoms with Crippen molar-refractivity contribution >= 4 is 62.1 Å². The molecule has 3 heterocycles. The van der Waals surface area contributed by atoms with Gasteiger partial charge < -0.3 is 37.6 Å². The van der Waals surface area contributed by atoms with Crippen LogP contribution in [0.5, 0.6) is 5.88 Å². The minimum absolute atomic E-state index is 0.0488. The molecule has 0 spiro atoms. The van der Waals surface area contributed by atoms with Gasteiger partial charge >= 0.3 is 0 Å². The predicted octanol–water partition coefficient (Wildman–Crippen LogP) is 4.30. The summed E-state index contributed by atoms with van der Waals surface area (Å²) in [5, 5.41) is 8.09. The fourth-order valence-electron chi connectivity index (χ4n) is 5.95. The molecule has 256 valence electrons. The summed E-state index contributed by atoms with van der Waals surface area (Å²) in [7, 11) is 0. The number of aromatic amines is 1. The van der Waals surface area contributed by atoms with Crippen molar-refractivity contribution < 1.29 is 18.9 Å². The Morgan fingerprint density at radius 1 is 0.745 bits per heavy atom. The van der Waals surface area contributed by atoms with E-state index in [-0.39, 0.29) is 24.4 Å². The van der Waals surface area contributed by atoms with Gasteiger partial charge in [-0.25, -0.2) is 4.98 Å². The lowest BCUT2D eigenvalue weighted by atomic mass is 10.1. The van der Waals surface area contributed by atoms with Gasteiger partial charge in [0.05, 0.1) is 6.33 Å². The molecule has 0 saturated heterocycles. The van der Waals surface area contributed by atoms with Crippen molar-refractivity contribution in [3.63, 3.8) is 0 Å². The van der Waals surface area contributed by atoms with Crippen molar-refractivity contribution in [3.05, 3.63) is 120 Å². The molecule has 0 atom stereocenters. The molecule has 0 fully saturated rings. The predicted molar refractivity (Wildman–Crippen MR) is 196 cm³/mol. The van der Waals surface area contributed by atoms with Crippen molar-refractivity contribution in [2.45, 2.75) is 39.1 Å². The number of fused-ring (bicyclic) bond motifs is 3. The molecular formula is C38H37N10O3+. The molecular weight excluding hydrogens is 644 g/mol. The molecule has 9 N–H and O–H groups in total. The average molecular weight is 682 g/mol. The highest BCUT2D eigenvalue weighted by atomic mass is 16.5. The molecule has 0 aliphatic rings. The number of nitrogens with one attached hydrogen (secondary N) is 3. The lowest BCUT2D eigenvalue weighted by Gasteiger charge is -2.09. The van der Waals surface area contributed by atoms with E-state index in [1.165, 1.54) is 6.33 Å². The Morgan fingerprint density at radius 3 is 2.06 bits per heavy atom. The van der Waals surface area contributed by atoms with Crippen LogP contribution >= 0.6 is 0 Å². The number of anilines is 3. The zero-order valence-electron chi connectivity index (χ0n) is 27.7. The first-order chi connectivity index (χ1) is 24.8. The fraction of sp³-hybridized carbons (Fsp3) is 0.158. The fourth-order valence-corrected chi connectivity index (χ4v) is 5.95. The quantitative estimate of drug-likeness (QED) is 0.0617. The van der Waals surface area contributed by atoms with Crippen molar-refractivity contribution in [3.8, 4) is 5.88 Å². The second kappa shape index (κ2) is 14.4. The Balaban J connectivity index is 0.867. The van der Waals surface area contributed by atoms with Crippen LogP contribution in [0.2, 0.25) is 0 Å². The summed E-state index contributed by atoms with van der Waals surface area (Å²) in [6.45, 7) is 1.63. The highest BCUT2D eigenvalue weighted by molar-refractivity contribution is 5.94. The summed E-state index contributed by atoms with van der Waals surface area (Å²) in [5.41, 5.74) is 25.6. The van der Waals surface area contributed by atoms with Gasteiger partial charge in [-0.15, -0.1) is 0 Å². The van der Waals surface area contributed by atoms with E-state index in [0.717, 1.165) is 38.5 Å². The summed E-state index contributed by atoms with van der Waals surface area (Å²) in [5.74, 6) is 0.167. The number of benzene rings is 4. The normalized spacial score (nSPS) is 11.2. The van der Waals surface area contributed by atoms with Crippen molar-refractivity contribution in [1.82, 2.24) is 30.6 Å². The third-order valence-corrected chi connectivity index (χ3v) is 8.61. The highest BCUT2D eigenvalue weighted by Crippen LogP contribution is 2.23. The van der Waals surface area contributed by atoms with Gasteiger partial charge in [-0.1, -0.05) is 36.4 Å². The number of pyridine rings is 1. The van der Waals surface area contributed by atoms with Crippen LogP contribution in [0.1, 0.15) is 39.9 Å². The molecule has 0 saturated carbocycles. The minimum Gasteiger partial charge on any atom is -0.471 e. The molecule has 13 heteroatoms. The van der Waals surface area contributed by atoms with Gasteiger partial charge in [0.2, 0.25) is 28.8 Å². The third kappa shape index (κ3) is 7.62. The molecule has 0 unspecified atom stereocenters. The number of imidazole rings is 1. The number of nitrogens with two attached hydrogens (primary N) is 3. The van der Waals surface area contributed by atoms with Crippen LogP contribution < -0.4 is 37.1 Å². The van der Waals surface area contributed by atoms with E-state index < -0.39 is 0 Å². The zero-order valence-corrected chi connectivity index (χ0v) is 27.7. The van der Waals surface area contributed by atoms with Crippen molar-refractivity contribution in [1.29, 1.82) is 0 Å². The third-order valence-electron chi connectivity index (χ3n) is 8.61. The summed E-state index contributed by atoms with van der Waals surface area (Å²) >= 11 is 0. The smallest absolute Gasteiger partial charge is 0.251 e. The SMILES string of the molecule is Nc1ccc2cc3ccc(N)cc3[n+](CCCC(=O)NCc3ccc(C(=O)NCc4ccc(COc5nc(N)nc6[nH]cnc56)cc4)cc3)c2c1. The largest absolute Gasteiger partial charge is 0.471 e. The van der Waals surface area contributed by atoms with Crippen LogP contribution in [0, 0.1) is 0 Å². The van der Waals surface area contributed by atoms with Crippen LogP contribution in [-0.4, -0.2) is 31.8 Å². The first-order valence-corrected chi connectivity index (χ1v) is 16.5. The van der Waals surface area contributed by atoms with Gasteiger partial charge in [0, 0.05) is 65.8 Å². The van der Waals surface area contributed by atoms with Gasteiger partial charge in [-0.05, 0) is 59.2 Å². The number of hydrogen-bond donors (Lipinski definition) is 6. The van der Waals surface area contributed by atoms with Gasteiger partial charge in [-0.2, -0.15) is 14.5 Å². The molecule has 0 bridgehead atoms. The summed E-state index contributed by atoms with van der Waals surface area (Å²) < 4.78 is 8.01. The standard InChI is InChI=1S/C38H36N10O3/c39-29-13-11-27-16-28-12-14-30(40)18-32(28)48(31(27)17-29)15-1-2-33(49)42-19-24-7-9-26(10-8-24)36(50)43-20-23-3-5-25(6-4-23)21-51-37-34-35(45-22-44-34)46-38(41)47-37/h3-14,16-18,22H,1-2,15,19-21H2,(H8,39,40,41,42,43,44,45,46,47,49,50)/p+1. The van der Waals surface area contributed by atoms with E-state index >= 15 is 0 Å². The van der Waals surface area contributed by atoms with E-state index in [0.29, 0.717) is 66.5 Å². The minimum atomic E-state index is -0.190. The van der Waals surface area contributed by atoms with Crippen LogP contribution in [0.15, 0.2) is 97.3 Å². The Bertz CT molecular complexity index is 2310. The Hall–Kier alpha value is -6.76. The molecule has 2 amide bonds. The van der Waals surface area contributed by atoms with Gasteiger partial charge in [0.1, 0.15) is 13.2 Å². The van der Waals surface area contributed by atoms with Crippen LogP contribution in [-0.2, 0) is 31.0 Å². The second-order valence-electron chi connectivity index (χ2n) is 12.3. The van der Waals surface area contributed by atoms with Gasteiger partial charge in [0.25, 0.3) is 5.91 Å². The maximum absolute atomic E-state index is 12.8. The second-order valence-corrected chi connectivity index (χ2v) is 12.3. The molecule has 13 nitrogen and oxygen atoms in total. The number of aryl methyl sites for hydroxylation is 1. The summed E-state index contributed by atoms with van der Waals surface area (Å²) in [6, 6.07) is 28.7. The molecule has 3 aromatic heterocycles. The van der Waals surface area contributed by atoms with E-state index in [4.69, 9.17) is 21.9 Å². The zero-order chi connectivity index (χ0) is 35.3. The molecule has 7 aromatic rings. The lowest BCUT2D eigenvalue weighted by molar-refractivity contribution is -0.645. The number of rotatable bonds is 12. The van der Waals surface area contributed by atoms with Gasteiger partial charge in [0.15, 0.2) is 11.2 Å². The number of H-pyrrole nitrogens is 1. The Kier molecular flexibility index (Phi) is 9.24. The molecule has 0 aliphatic heterocycles. The van der Waals surface area contributed by atoms with Gasteiger partial charge in [-0.3, -0.25) is 9.59 Å². The Labute approximate surface area is 292 Å². The molecule has 0 radical (unpaired) electrons. The number of nitrogen functional groups attached to an aromatic ring is 3. The number of amides is 2. The maximum Gasteiger partial charge on any atom is 0.251 e. The van der Waals surface area contributed by atoms with E-state index in [9.17, 15) is 9.59 Å². The molecule has 7 rings (SSSR count). The number of carbonyl (C=O) groups is 2. The van der Waals surface area contributed by atoms with E-state index in [1.54, 1.807) is 12.1 Å². The van der Waals surface area contributed by atoms with Crippen molar-refractivity contribution in [2.75, 3.05) is 17.2 Å². The number of nitrogens with zero attached hydrogens (tertiary/aromatic N) is 4. The molecule has 51 heavy (non-hydrogen) atoms. The first kappa shape index (κ1) is 32.8. The van der Waals surface area contributed by atoms with Crippen LogP contribution in [0.4, 0.5) is 17.3 Å². The lowest BCUT2D eigenvalue weighted by Crippen LogP contribution is -2.36. The van der Waals surface area contributed by atoms with E-state index in [2.05, 4.69) is 41.2 Å². The average Bonchev–Trinajstić information content (AvgIpc) is 3.61. The molecule has 4 aromatic carbocycles. The Morgan fingerprint density at radius 2 is 1.37 bits per heavy atom. The molecule has 0 aliphatic carbocycles. The summed E-state index contributed by atoms with van der Waals surface area (Å²) in [6.07, 6.45) is 2.50. The maximum atomic E-state index is 12.8. The highest BCUT2D eigenvalue weighted by Gasteiger charge is 2.17. The number of carbonyl (C=O) groups excluding carboxylic acids is 2. The topological polar surface area (TPSA) is 204 Å². The number of aromatic nitrogens is 5. The monoisotopic (exact) mass is 681 g/mol. The number of ether oxygens (including phenoxy) is 1. The van der Waals surface area contributed by atoms with Crippen LogP contribution in [0.3, 0.4) is 0 Å². The first-order valence-electron chi connectivity index (χ1n) is 16.5. The van der Waals surface area contributed by atoms with Crippen LogP contribution in [0.25, 0.3) is 33.0 Å². The summed E-state index contributed by atoms with van der Waals surface area (Å²) in [4.78, 5) is 40.9.